The van der Waals surface area contributed by atoms with Crippen LogP contribution in [0, 0.1) is 0 Å². The first kappa shape index (κ1) is 20.8. The van der Waals surface area contributed by atoms with Gasteiger partial charge in [-0.1, -0.05) is 31.4 Å². The second kappa shape index (κ2) is 8.71. The number of esters is 1. The fourth-order valence-corrected chi connectivity index (χ4v) is 4.22. The minimum absolute atomic E-state index is 0.0879. The van der Waals surface area contributed by atoms with Gasteiger partial charge in [0.05, 0.1) is 29.4 Å². The number of para-hydroxylation sites is 1. The normalized spacial score (nSPS) is 16.2. The van der Waals surface area contributed by atoms with Crippen LogP contribution >= 0.6 is 0 Å². The lowest BCUT2D eigenvalue weighted by atomic mass is 9.94. The molecule has 1 aliphatic heterocycles. The summed E-state index contributed by atoms with van der Waals surface area (Å²) in [5, 5.41) is 0. The largest absolute Gasteiger partial charge is 0.496 e. The molecule has 1 saturated carbocycles. The SMILES string of the molecule is COc1ccccc1C(=O)COC(=O)c1ccc2c(c1)C(=O)N(C1CCCCC1)C2=O. The lowest BCUT2D eigenvalue weighted by Crippen LogP contribution is -2.40. The molecule has 7 heteroatoms. The van der Waals surface area contributed by atoms with Crippen molar-refractivity contribution in [3.63, 3.8) is 0 Å². The van der Waals surface area contributed by atoms with Gasteiger partial charge in [-0.3, -0.25) is 19.3 Å². The molecular formula is C24H23NO6. The smallest absolute Gasteiger partial charge is 0.338 e. The molecule has 7 nitrogen and oxygen atoms in total. The topological polar surface area (TPSA) is 90.0 Å². The van der Waals surface area contributed by atoms with Gasteiger partial charge in [-0.2, -0.15) is 0 Å². The summed E-state index contributed by atoms with van der Waals surface area (Å²) in [4.78, 5) is 51.9. The van der Waals surface area contributed by atoms with Crippen molar-refractivity contribution in [2.24, 2.45) is 0 Å². The Morgan fingerprint density at radius 1 is 0.968 bits per heavy atom. The molecule has 1 aliphatic carbocycles. The van der Waals surface area contributed by atoms with E-state index in [1.54, 1.807) is 24.3 Å². The average molecular weight is 421 g/mol. The highest BCUT2D eigenvalue weighted by Gasteiger charge is 2.40. The highest BCUT2D eigenvalue weighted by molar-refractivity contribution is 6.22. The van der Waals surface area contributed by atoms with E-state index in [-0.39, 0.29) is 29.0 Å². The first-order valence-electron chi connectivity index (χ1n) is 10.4. The Kier molecular flexibility index (Phi) is 5.84. The number of hydrogen-bond acceptors (Lipinski definition) is 6. The van der Waals surface area contributed by atoms with Crippen LogP contribution in [0.25, 0.3) is 0 Å². The average Bonchev–Trinajstić information content (AvgIpc) is 3.07. The van der Waals surface area contributed by atoms with Crippen molar-refractivity contribution in [1.29, 1.82) is 0 Å². The van der Waals surface area contributed by atoms with Gasteiger partial charge in [0.25, 0.3) is 11.8 Å². The van der Waals surface area contributed by atoms with E-state index in [2.05, 4.69) is 0 Å². The van der Waals surface area contributed by atoms with Gasteiger partial charge in [-0.25, -0.2) is 4.79 Å². The maximum Gasteiger partial charge on any atom is 0.338 e. The number of fused-ring (bicyclic) bond motifs is 1. The number of benzene rings is 2. The van der Waals surface area contributed by atoms with Crippen molar-refractivity contribution in [3.05, 3.63) is 64.7 Å². The summed E-state index contributed by atoms with van der Waals surface area (Å²) < 4.78 is 10.3. The Morgan fingerprint density at radius 2 is 1.68 bits per heavy atom. The van der Waals surface area contributed by atoms with Crippen LogP contribution in [0.15, 0.2) is 42.5 Å². The van der Waals surface area contributed by atoms with Gasteiger partial charge in [0, 0.05) is 6.04 Å². The van der Waals surface area contributed by atoms with Gasteiger partial charge in [0.2, 0.25) is 5.78 Å². The van der Waals surface area contributed by atoms with Gasteiger partial charge >= 0.3 is 5.97 Å². The molecule has 1 fully saturated rings. The number of hydrogen-bond donors (Lipinski definition) is 0. The van der Waals surface area contributed by atoms with Crippen LogP contribution in [0.2, 0.25) is 0 Å². The molecule has 2 amide bonds. The second-order valence-electron chi connectivity index (χ2n) is 7.73. The summed E-state index contributed by atoms with van der Waals surface area (Å²) in [6, 6.07) is 10.9. The molecule has 31 heavy (non-hydrogen) atoms. The maximum atomic E-state index is 12.9. The van der Waals surface area contributed by atoms with Crippen molar-refractivity contribution >= 4 is 23.6 Å². The summed E-state index contributed by atoms with van der Waals surface area (Å²) in [5.41, 5.74) is 0.951. The second-order valence-corrected chi connectivity index (χ2v) is 7.73. The molecule has 0 spiro atoms. The summed E-state index contributed by atoms with van der Waals surface area (Å²) in [5.74, 6) is -1.41. The number of carbonyl (C=O) groups is 4. The lowest BCUT2D eigenvalue weighted by molar-refractivity contribution is 0.0473. The van der Waals surface area contributed by atoms with Crippen LogP contribution in [-0.2, 0) is 4.74 Å². The number of ether oxygens (including phenoxy) is 2. The van der Waals surface area contributed by atoms with Crippen molar-refractivity contribution in [2.75, 3.05) is 13.7 Å². The molecular weight excluding hydrogens is 398 g/mol. The number of carbonyl (C=O) groups excluding carboxylic acids is 4. The van der Waals surface area contributed by atoms with Crippen LogP contribution < -0.4 is 4.74 Å². The van der Waals surface area contributed by atoms with Crippen molar-refractivity contribution in [2.45, 2.75) is 38.1 Å². The van der Waals surface area contributed by atoms with Gasteiger partial charge in [-0.05, 0) is 43.2 Å². The maximum absolute atomic E-state index is 12.9. The Balaban J connectivity index is 1.47. The van der Waals surface area contributed by atoms with Crippen molar-refractivity contribution < 1.29 is 28.7 Å². The highest BCUT2D eigenvalue weighted by Crippen LogP contribution is 2.31. The van der Waals surface area contributed by atoms with Crippen molar-refractivity contribution in [3.8, 4) is 5.75 Å². The molecule has 160 valence electrons. The molecule has 2 aromatic carbocycles. The minimum Gasteiger partial charge on any atom is -0.496 e. The molecule has 0 radical (unpaired) electrons. The van der Waals surface area contributed by atoms with E-state index in [9.17, 15) is 19.2 Å². The monoisotopic (exact) mass is 421 g/mol. The minimum atomic E-state index is -0.734. The third kappa shape index (κ3) is 3.95. The molecule has 0 saturated heterocycles. The van der Waals surface area contributed by atoms with Gasteiger partial charge < -0.3 is 9.47 Å². The predicted molar refractivity (Wildman–Crippen MR) is 111 cm³/mol. The fraction of sp³-hybridized carbons (Fsp3) is 0.333. The van der Waals surface area contributed by atoms with E-state index in [1.165, 1.54) is 30.2 Å². The van der Waals surface area contributed by atoms with E-state index in [1.807, 2.05) is 0 Å². The molecule has 0 atom stereocenters. The number of rotatable bonds is 6. The van der Waals surface area contributed by atoms with E-state index >= 15 is 0 Å². The Hall–Kier alpha value is -3.48. The molecule has 0 unspecified atom stereocenters. The first-order chi connectivity index (χ1) is 15.0. The van der Waals surface area contributed by atoms with E-state index in [0.717, 1.165) is 32.1 Å². The van der Waals surface area contributed by atoms with Crippen LogP contribution in [-0.4, -0.2) is 48.2 Å². The third-order valence-electron chi connectivity index (χ3n) is 5.84. The summed E-state index contributed by atoms with van der Waals surface area (Å²) in [6.45, 7) is -0.461. The Morgan fingerprint density at radius 3 is 2.42 bits per heavy atom. The summed E-state index contributed by atoms with van der Waals surface area (Å²) in [6.07, 6.45) is 4.73. The van der Waals surface area contributed by atoms with Crippen molar-refractivity contribution in [1.82, 2.24) is 4.90 Å². The third-order valence-corrected chi connectivity index (χ3v) is 5.84. The summed E-state index contributed by atoms with van der Waals surface area (Å²) >= 11 is 0. The standard InChI is InChI=1S/C24H23NO6/c1-30-21-10-6-5-9-18(21)20(26)14-31-24(29)15-11-12-17-19(13-15)23(28)25(22(17)27)16-7-3-2-4-8-16/h5-6,9-13,16H,2-4,7-8,14H2,1H3. The zero-order chi connectivity index (χ0) is 22.0. The quantitative estimate of drug-likeness (QED) is 0.402. The first-order valence-corrected chi connectivity index (χ1v) is 10.4. The Labute approximate surface area is 179 Å². The van der Waals surface area contributed by atoms with Crippen LogP contribution in [0.5, 0.6) is 5.75 Å². The van der Waals surface area contributed by atoms with Crippen LogP contribution in [0.4, 0.5) is 0 Å². The van der Waals surface area contributed by atoms with Crippen LogP contribution in [0.3, 0.4) is 0 Å². The zero-order valence-electron chi connectivity index (χ0n) is 17.3. The lowest BCUT2D eigenvalue weighted by Gasteiger charge is -2.29. The van der Waals surface area contributed by atoms with Gasteiger partial charge in [-0.15, -0.1) is 0 Å². The fourth-order valence-electron chi connectivity index (χ4n) is 4.22. The zero-order valence-corrected chi connectivity index (χ0v) is 17.3. The van der Waals surface area contributed by atoms with E-state index in [0.29, 0.717) is 16.9 Å². The van der Waals surface area contributed by atoms with Gasteiger partial charge in [0.15, 0.2) is 6.61 Å². The highest BCUT2D eigenvalue weighted by atomic mass is 16.5. The molecule has 0 bridgehead atoms. The molecule has 0 aromatic heterocycles. The number of nitrogens with zero attached hydrogens (tertiary/aromatic N) is 1. The number of Topliss-reactive ketones (excluding diaryl/α,β-unsaturated/α-hetero) is 1. The molecule has 1 heterocycles. The number of imide groups is 1. The molecule has 2 aliphatic rings. The van der Waals surface area contributed by atoms with E-state index in [4.69, 9.17) is 9.47 Å². The molecule has 0 N–H and O–H groups in total. The Bertz CT molecular complexity index is 1050. The predicted octanol–water partition coefficient (Wildman–Crippen LogP) is 3.66. The van der Waals surface area contributed by atoms with Gasteiger partial charge in [0.1, 0.15) is 5.75 Å². The number of ketones is 1. The van der Waals surface area contributed by atoms with E-state index < -0.39 is 18.4 Å². The number of methoxy groups -OCH3 is 1. The number of amides is 2. The van der Waals surface area contributed by atoms with Crippen LogP contribution in [0.1, 0.15) is 73.5 Å². The molecule has 4 rings (SSSR count). The molecule has 2 aromatic rings. The summed E-state index contributed by atoms with van der Waals surface area (Å²) in [7, 11) is 1.46.